The van der Waals surface area contributed by atoms with Crippen LogP contribution in [0.15, 0.2) is 41.4 Å². The zero-order valence-electron chi connectivity index (χ0n) is 18.0. The van der Waals surface area contributed by atoms with E-state index in [-0.39, 0.29) is 18.7 Å². The summed E-state index contributed by atoms with van der Waals surface area (Å²) in [5.74, 6) is 1.39. The molecule has 7 nitrogen and oxygen atoms in total. The Hall–Kier alpha value is -2.71. The van der Waals surface area contributed by atoms with Crippen LogP contribution in [0.2, 0.25) is 0 Å². The van der Waals surface area contributed by atoms with Crippen molar-refractivity contribution in [2.75, 3.05) is 33.4 Å². The Morgan fingerprint density at radius 2 is 2.19 bits per heavy atom. The van der Waals surface area contributed by atoms with E-state index >= 15 is 0 Å². The lowest BCUT2D eigenvalue weighted by molar-refractivity contribution is 0.150. The summed E-state index contributed by atoms with van der Waals surface area (Å²) in [4.78, 5) is 20.3. The van der Waals surface area contributed by atoms with Crippen LogP contribution in [0.1, 0.15) is 25.8 Å². The van der Waals surface area contributed by atoms with E-state index in [1.54, 1.807) is 22.5 Å². The van der Waals surface area contributed by atoms with E-state index in [1.165, 1.54) is 11.9 Å². The lowest BCUT2D eigenvalue weighted by Crippen LogP contribution is -2.44. The number of rotatable bonds is 5. The fourth-order valence-corrected chi connectivity index (χ4v) is 5.00. The van der Waals surface area contributed by atoms with Gasteiger partial charge in [0.05, 0.1) is 26.9 Å². The van der Waals surface area contributed by atoms with Gasteiger partial charge in [0.2, 0.25) is 5.88 Å². The lowest BCUT2D eigenvalue weighted by Gasteiger charge is -2.30. The number of benzene rings is 1. The van der Waals surface area contributed by atoms with Crippen LogP contribution in [0.4, 0.5) is 4.79 Å². The van der Waals surface area contributed by atoms with E-state index in [9.17, 15) is 9.90 Å². The summed E-state index contributed by atoms with van der Waals surface area (Å²) < 4.78 is 13.2. The molecule has 0 aliphatic carbocycles. The number of aliphatic hydroxyl groups excluding tert-OH is 1. The molecule has 0 atom stereocenters. The summed E-state index contributed by atoms with van der Waals surface area (Å²) in [6.45, 7) is 5.26. The van der Waals surface area contributed by atoms with Crippen molar-refractivity contribution in [1.82, 2.24) is 14.2 Å². The molecule has 2 amide bonds. The van der Waals surface area contributed by atoms with Gasteiger partial charge >= 0.3 is 6.03 Å². The van der Waals surface area contributed by atoms with Crippen molar-refractivity contribution in [2.45, 2.75) is 26.3 Å². The van der Waals surface area contributed by atoms with Crippen LogP contribution in [0.3, 0.4) is 0 Å². The minimum atomic E-state index is -0.0744. The van der Waals surface area contributed by atoms with Crippen LogP contribution in [0, 0.1) is 0 Å². The molecular formula is C23H27N3O4S. The van der Waals surface area contributed by atoms with Crippen molar-refractivity contribution in [1.29, 1.82) is 0 Å². The second-order valence-electron chi connectivity index (χ2n) is 7.69. The molecule has 2 aliphatic rings. The van der Waals surface area contributed by atoms with E-state index in [2.05, 4.69) is 11.1 Å². The van der Waals surface area contributed by atoms with Crippen LogP contribution in [0.5, 0.6) is 11.6 Å². The lowest BCUT2D eigenvalue weighted by atomic mass is 9.98. The van der Waals surface area contributed by atoms with Crippen molar-refractivity contribution in [3.8, 4) is 22.8 Å². The van der Waals surface area contributed by atoms with Gasteiger partial charge < -0.3 is 19.5 Å². The zero-order chi connectivity index (χ0) is 22.0. The molecule has 4 rings (SSSR count). The van der Waals surface area contributed by atoms with Gasteiger partial charge in [0.25, 0.3) is 0 Å². The van der Waals surface area contributed by atoms with Crippen molar-refractivity contribution in [2.24, 2.45) is 0 Å². The highest BCUT2D eigenvalue weighted by Gasteiger charge is 2.34. The molecule has 1 aromatic carbocycles. The summed E-state index contributed by atoms with van der Waals surface area (Å²) in [5, 5.41) is 9.37. The van der Waals surface area contributed by atoms with Crippen LogP contribution >= 0.6 is 11.9 Å². The molecule has 0 saturated carbocycles. The van der Waals surface area contributed by atoms with Crippen LogP contribution < -0.4 is 9.47 Å². The van der Waals surface area contributed by atoms with E-state index in [4.69, 9.17) is 9.47 Å². The Morgan fingerprint density at radius 3 is 2.94 bits per heavy atom. The standard InChI is InChI=1S/C23H27N3O4S/c1-15(2)25(10-11-27)23(28)26-14-19-18-13-16(17-5-4-9-24-22(17)29-3)6-7-20(18)30-12-8-21(19)31-26/h4-7,9,13,15,27H,8,10-12,14H2,1-3H3. The molecule has 2 aromatic rings. The first-order valence-electron chi connectivity index (χ1n) is 10.4. The molecule has 1 N–H and O–H groups in total. The van der Waals surface area contributed by atoms with E-state index in [0.717, 1.165) is 39.3 Å². The first-order valence-corrected chi connectivity index (χ1v) is 11.2. The first kappa shape index (κ1) is 21.5. The van der Waals surface area contributed by atoms with E-state index in [0.29, 0.717) is 25.6 Å². The third-order valence-electron chi connectivity index (χ3n) is 5.45. The fraction of sp³-hybridized carbons (Fsp3) is 0.391. The number of aromatic nitrogens is 1. The summed E-state index contributed by atoms with van der Waals surface area (Å²) in [5.41, 5.74) is 4.01. The predicted octanol–water partition coefficient (Wildman–Crippen LogP) is 4.04. The van der Waals surface area contributed by atoms with Crippen molar-refractivity contribution < 1.29 is 19.4 Å². The Balaban J connectivity index is 1.67. The molecule has 0 unspecified atom stereocenters. The molecular weight excluding hydrogens is 414 g/mol. The van der Waals surface area contributed by atoms with Gasteiger partial charge in [-0.15, -0.1) is 0 Å². The van der Waals surface area contributed by atoms with Gasteiger partial charge in [0.15, 0.2) is 0 Å². The number of hydrogen-bond acceptors (Lipinski definition) is 6. The van der Waals surface area contributed by atoms with Crippen molar-refractivity contribution >= 4 is 23.6 Å². The number of amides is 2. The van der Waals surface area contributed by atoms with Gasteiger partial charge in [-0.2, -0.15) is 0 Å². The second kappa shape index (κ2) is 9.20. The number of pyridine rings is 1. The molecule has 31 heavy (non-hydrogen) atoms. The monoisotopic (exact) mass is 441 g/mol. The van der Waals surface area contributed by atoms with E-state index < -0.39 is 0 Å². The minimum absolute atomic E-state index is 0.0147. The van der Waals surface area contributed by atoms with Crippen molar-refractivity contribution in [3.05, 3.63) is 47.0 Å². The first-order chi connectivity index (χ1) is 15.0. The van der Waals surface area contributed by atoms with E-state index in [1.807, 2.05) is 38.1 Å². The normalized spacial score (nSPS) is 15.3. The average Bonchev–Trinajstić information content (AvgIpc) is 3.13. The Kier molecular flexibility index (Phi) is 6.38. The van der Waals surface area contributed by atoms with Crippen LogP contribution in [-0.2, 0) is 0 Å². The smallest absolute Gasteiger partial charge is 0.330 e. The zero-order valence-corrected chi connectivity index (χ0v) is 18.8. The SMILES string of the molecule is COc1ncccc1-c1ccc2c(c1)C1=C(CCO2)SN(C(=O)N(CCO)C(C)C)C1. The molecule has 0 radical (unpaired) electrons. The Labute approximate surface area is 186 Å². The van der Waals surface area contributed by atoms with Gasteiger partial charge in [-0.3, -0.25) is 4.31 Å². The largest absolute Gasteiger partial charge is 0.493 e. The molecule has 0 saturated heterocycles. The highest BCUT2D eigenvalue weighted by atomic mass is 32.2. The minimum Gasteiger partial charge on any atom is -0.493 e. The molecule has 0 spiro atoms. The maximum atomic E-state index is 13.1. The molecule has 3 heterocycles. The predicted molar refractivity (Wildman–Crippen MR) is 122 cm³/mol. The Morgan fingerprint density at radius 1 is 1.35 bits per heavy atom. The molecule has 1 aromatic heterocycles. The van der Waals surface area contributed by atoms with Gasteiger partial charge in [0, 0.05) is 41.2 Å². The quantitative estimate of drug-likeness (QED) is 0.706. The molecule has 8 heteroatoms. The maximum Gasteiger partial charge on any atom is 0.330 e. The summed E-state index contributed by atoms with van der Waals surface area (Å²) in [7, 11) is 1.61. The number of aliphatic hydroxyl groups is 1. The van der Waals surface area contributed by atoms with Gasteiger partial charge in [-0.25, -0.2) is 9.78 Å². The van der Waals surface area contributed by atoms with Crippen LogP contribution in [-0.4, -0.2) is 64.8 Å². The third kappa shape index (κ3) is 4.22. The van der Waals surface area contributed by atoms with Crippen molar-refractivity contribution in [3.63, 3.8) is 0 Å². The number of hydrogen-bond donors (Lipinski definition) is 1. The molecule has 164 valence electrons. The van der Waals surface area contributed by atoms with Gasteiger partial charge in [0.1, 0.15) is 5.75 Å². The fourth-order valence-electron chi connectivity index (χ4n) is 3.90. The number of carbonyl (C=O) groups excluding carboxylic acids is 1. The second-order valence-corrected chi connectivity index (χ2v) is 8.81. The summed E-state index contributed by atoms with van der Waals surface area (Å²) in [6.07, 6.45) is 2.46. The average molecular weight is 442 g/mol. The highest BCUT2D eigenvalue weighted by molar-refractivity contribution is 8.01. The highest BCUT2D eigenvalue weighted by Crippen LogP contribution is 2.46. The number of urea groups is 1. The molecule has 0 fully saturated rings. The van der Waals surface area contributed by atoms with Gasteiger partial charge in [-0.05, 0) is 61.2 Å². The third-order valence-corrected chi connectivity index (χ3v) is 6.63. The number of fused-ring (bicyclic) bond motifs is 2. The number of nitrogens with zero attached hydrogens (tertiary/aromatic N) is 3. The molecule has 2 aliphatic heterocycles. The molecule has 0 bridgehead atoms. The van der Waals surface area contributed by atoms with Gasteiger partial charge in [-0.1, -0.05) is 6.07 Å². The number of carbonyl (C=O) groups is 1. The number of methoxy groups -OCH3 is 1. The topological polar surface area (TPSA) is 75.1 Å². The maximum absolute atomic E-state index is 13.1. The van der Waals surface area contributed by atoms with Crippen LogP contribution in [0.25, 0.3) is 16.7 Å². The number of ether oxygens (including phenoxy) is 2. The summed E-state index contributed by atoms with van der Waals surface area (Å²) >= 11 is 1.48. The summed E-state index contributed by atoms with van der Waals surface area (Å²) in [6, 6.07) is 9.90. The Bertz CT molecular complexity index is 1010.